The van der Waals surface area contributed by atoms with E-state index < -0.39 is 0 Å². The SMILES string of the molecule is CNC(=S)NC1C[C@H]2CC[C@@H](C1)N2Cc1nc[nH]c1C. The van der Waals surface area contributed by atoms with Crippen LogP contribution in [0.5, 0.6) is 0 Å². The molecule has 0 aliphatic carbocycles. The van der Waals surface area contributed by atoms with E-state index in [9.17, 15) is 0 Å². The van der Waals surface area contributed by atoms with Crippen LogP contribution in [-0.4, -0.2) is 45.2 Å². The van der Waals surface area contributed by atoms with Gasteiger partial charge in [0.15, 0.2) is 5.11 Å². The van der Waals surface area contributed by atoms with Gasteiger partial charge in [0.1, 0.15) is 0 Å². The first-order valence-electron chi connectivity index (χ1n) is 7.40. The third-order valence-electron chi connectivity index (χ3n) is 4.71. The Morgan fingerprint density at radius 2 is 2.15 bits per heavy atom. The molecule has 2 aliphatic heterocycles. The Balaban J connectivity index is 1.63. The zero-order valence-electron chi connectivity index (χ0n) is 12.1. The quantitative estimate of drug-likeness (QED) is 0.734. The second-order valence-electron chi connectivity index (χ2n) is 5.92. The van der Waals surface area contributed by atoms with Crippen LogP contribution in [0.25, 0.3) is 0 Å². The van der Waals surface area contributed by atoms with Crippen LogP contribution in [0.4, 0.5) is 0 Å². The van der Waals surface area contributed by atoms with Gasteiger partial charge in [0.25, 0.3) is 0 Å². The van der Waals surface area contributed by atoms with Crippen molar-refractivity contribution in [3.8, 4) is 0 Å². The summed E-state index contributed by atoms with van der Waals surface area (Å²) in [6.45, 7) is 3.08. The fraction of sp³-hybridized carbons (Fsp3) is 0.714. The van der Waals surface area contributed by atoms with Crippen molar-refractivity contribution in [3.63, 3.8) is 0 Å². The summed E-state index contributed by atoms with van der Waals surface area (Å²) >= 11 is 5.22. The van der Waals surface area contributed by atoms with Gasteiger partial charge < -0.3 is 15.6 Å². The maximum Gasteiger partial charge on any atom is 0.166 e. The number of piperidine rings is 1. The normalized spacial score (nSPS) is 29.4. The Labute approximate surface area is 125 Å². The van der Waals surface area contributed by atoms with Gasteiger partial charge in [-0.2, -0.15) is 0 Å². The highest BCUT2D eigenvalue weighted by atomic mass is 32.1. The number of hydrogen-bond acceptors (Lipinski definition) is 3. The smallest absolute Gasteiger partial charge is 0.166 e. The molecule has 2 bridgehead atoms. The van der Waals surface area contributed by atoms with Crippen molar-refractivity contribution in [1.29, 1.82) is 0 Å². The minimum Gasteiger partial charge on any atom is -0.366 e. The van der Waals surface area contributed by atoms with Crippen molar-refractivity contribution in [2.75, 3.05) is 7.05 Å². The van der Waals surface area contributed by atoms with Gasteiger partial charge in [-0.1, -0.05) is 0 Å². The molecule has 1 unspecified atom stereocenters. The van der Waals surface area contributed by atoms with E-state index in [2.05, 4.69) is 32.4 Å². The Morgan fingerprint density at radius 3 is 2.70 bits per heavy atom. The number of fused-ring (bicyclic) bond motifs is 2. The zero-order valence-corrected chi connectivity index (χ0v) is 13.0. The average molecular weight is 293 g/mol. The van der Waals surface area contributed by atoms with Crippen LogP contribution in [0.1, 0.15) is 37.1 Å². The van der Waals surface area contributed by atoms with Crippen molar-refractivity contribution in [2.24, 2.45) is 0 Å². The van der Waals surface area contributed by atoms with Crippen molar-refractivity contribution in [3.05, 3.63) is 17.7 Å². The number of imidazole rings is 1. The van der Waals surface area contributed by atoms with Crippen LogP contribution in [0.3, 0.4) is 0 Å². The summed E-state index contributed by atoms with van der Waals surface area (Å²) in [7, 11) is 1.87. The molecule has 0 spiro atoms. The number of thiocarbonyl (C=S) groups is 1. The second-order valence-corrected chi connectivity index (χ2v) is 6.33. The first kappa shape index (κ1) is 13.8. The molecule has 0 amide bonds. The summed E-state index contributed by atoms with van der Waals surface area (Å²) < 4.78 is 0. The summed E-state index contributed by atoms with van der Waals surface area (Å²) in [5.41, 5.74) is 2.39. The van der Waals surface area contributed by atoms with Crippen molar-refractivity contribution >= 4 is 17.3 Å². The van der Waals surface area contributed by atoms with Crippen LogP contribution in [0.2, 0.25) is 0 Å². The molecule has 6 heteroatoms. The number of nitrogens with one attached hydrogen (secondary N) is 3. The van der Waals surface area contributed by atoms with E-state index in [-0.39, 0.29) is 0 Å². The molecule has 3 N–H and O–H groups in total. The topological polar surface area (TPSA) is 56.0 Å². The molecule has 5 nitrogen and oxygen atoms in total. The van der Waals surface area contributed by atoms with Crippen LogP contribution in [-0.2, 0) is 6.54 Å². The molecular weight excluding hydrogens is 270 g/mol. The minimum atomic E-state index is 0.518. The Morgan fingerprint density at radius 1 is 1.45 bits per heavy atom. The molecule has 110 valence electrons. The molecule has 0 radical (unpaired) electrons. The first-order valence-corrected chi connectivity index (χ1v) is 7.81. The van der Waals surface area contributed by atoms with Gasteiger partial charge in [-0.25, -0.2) is 4.98 Å². The highest BCUT2D eigenvalue weighted by Gasteiger charge is 2.40. The summed E-state index contributed by atoms with van der Waals surface area (Å²) in [5, 5.41) is 7.21. The lowest BCUT2D eigenvalue weighted by Gasteiger charge is -2.39. The fourth-order valence-electron chi connectivity index (χ4n) is 3.63. The molecule has 2 aliphatic rings. The fourth-order valence-corrected chi connectivity index (χ4v) is 3.79. The molecule has 3 rings (SSSR count). The lowest BCUT2D eigenvalue weighted by atomic mass is 9.97. The number of rotatable bonds is 3. The van der Waals surface area contributed by atoms with Gasteiger partial charge in [0.2, 0.25) is 0 Å². The maximum absolute atomic E-state index is 5.22. The summed E-state index contributed by atoms with van der Waals surface area (Å²) in [6.07, 6.45) is 6.77. The first-order chi connectivity index (χ1) is 9.67. The summed E-state index contributed by atoms with van der Waals surface area (Å²) in [5.74, 6) is 0. The summed E-state index contributed by atoms with van der Waals surface area (Å²) in [4.78, 5) is 10.3. The zero-order chi connectivity index (χ0) is 14.1. The van der Waals surface area contributed by atoms with Gasteiger partial charge in [-0.15, -0.1) is 0 Å². The van der Waals surface area contributed by atoms with Gasteiger partial charge in [0, 0.05) is 37.4 Å². The predicted octanol–water partition coefficient (Wildman–Crippen LogP) is 1.31. The van der Waals surface area contributed by atoms with Crippen molar-refractivity contribution in [1.82, 2.24) is 25.5 Å². The van der Waals surface area contributed by atoms with E-state index in [1.807, 2.05) is 7.05 Å². The molecule has 20 heavy (non-hydrogen) atoms. The van der Waals surface area contributed by atoms with E-state index >= 15 is 0 Å². The van der Waals surface area contributed by atoms with Crippen LogP contribution < -0.4 is 10.6 Å². The number of aromatic nitrogens is 2. The largest absolute Gasteiger partial charge is 0.366 e. The monoisotopic (exact) mass is 293 g/mol. The molecule has 2 saturated heterocycles. The Bertz CT molecular complexity index is 472. The molecular formula is C14H23N5S. The molecule has 0 saturated carbocycles. The van der Waals surface area contributed by atoms with Gasteiger partial charge in [-0.3, -0.25) is 4.90 Å². The molecule has 0 aromatic carbocycles. The third kappa shape index (κ3) is 2.67. The standard InChI is InChI=1S/C14H23N5S/c1-9-13(17-8-16-9)7-19-11-3-4-12(19)6-10(5-11)18-14(20)15-2/h8,10-12H,3-7H2,1-2H3,(H,16,17)(H2,15,18,20)/t10?,11-,12+. The lowest BCUT2D eigenvalue weighted by molar-refractivity contribution is 0.113. The number of aromatic amines is 1. The van der Waals surface area contributed by atoms with Crippen LogP contribution in [0, 0.1) is 6.92 Å². The van der Waals surface area contributed by atoms with Crippen molar-refractivity contribution < 1.29 is 0 Å². The van der Waals surface area contributed by atoms with E-state index in [0.717, 1.165) is 11.7 Å². The van der Waals surface area contributed by atoms with Gasteiger partial charge >= 0.3 is 0 Å². The number of H-pyrrole nitrogens is 1. The molecule has 3 heterocycles. The van der Waals surface area contributed by atoms with E-state index in [1.165, 1.54) is 37.1 Å². The van der Waals surface area contributed by atoms with E-state index in [0.29, 0.717) is 18.1 Å². The maximum atomic E-state index is 5.22. The molecule has 2 fully saturated rings. The van der Waals surface area contributed by atoms with E-state index in [4.69, 9.17) is 12.2 Å². The molecule has 3 atom stereocenters. The van der Waals surface area contributed by atoms with Gasteiger partial charge in [0.05, 0.1) is 12.0 Å². The third-order valence-corrected chi connectivity index (χ3v) is 5.04. The average Bonchev–Trinajstić information content (AvgIpc) is 2.92. The lowest BCUT2D eigenvalue weighted by Crippen LogP contribution is -2.51. The predicted molar refractivity (Wildman–Crippen MR) is 83.5 cm³/mol. The highest BCUT2D eigenvalue weighted by molar-refractivity contribution is 7.80. The van der Waals surface area contributed by atoms with Crippen LogP contribution >= 0.6 is 12.2 Å². The van der Waals surface area contributed by atoms with Crippen molar-refractivity contribution in [2.45, 2.75) is 57.3 Å². The second kappa shape index (κ2) is 5.69. The highest BCUT2D eigenvalue weighted by Crippen LogP contribution is 2.36. The number of hydrogen-bond donors (Lipinski definition) is 3. The Hall–Kier alpha value is -1.14. The Kier molecular flexibility index (Phi) is 3.94. The molecule has 1 aromatic heterocycles. The van der Waals surface area contributed by atoms with Gasteiger partial charge in [-0.05, 0) is 44.8 Å². The molecule has 1 aromatic rings. The van der Waals surface area contributed by atoms with Crippen LogP contribution in [0.15, 0.2) is 6.33 Å². The minimum absolute atomic E-state index is 0.518. The van der Waals surface area contributed by atoms with E-state index in [1.54, 1.807) is 6.33 Å². The number of aryl methyl sites for hydroxylation is 1. The summed E-state index contributed by atoms with van der Waals surface area (Å²) in [6, 6.07) is 1.85. The number of nitrogens with zero attached hydrogens (tertiary/aromatic N) is 2.